The van der Waals surface area contributed by atoms with Crippen LogP contribution in [0.5, 0.6) is 5.75 Å². The monoisotopic (exact) mass is 475 g/mol. The molecule has 0 amide bonds. The molecule has 7 nitrogen and oxygen atoms in total. The summed E-state index contributed by atoms with van der Waals surface area (Å²) in [4.78, 5) is 4.51. The van der Waals surface area contributed by atoms with Gasteiger partial charge in [-0.1, -0.05) is 59.4 Å². The number of para-hydroxylation sites is 1. The highest BCUT2D eigenvalue weighted by atomic mass is 32.2. The molecule has 3 aromatic heterocycles. The van der Waals surface area contributed by atoms with E-state index < -0.39 is 0 Å². The van der Waals surface area contributed by atoms with Crippen LogP contribution in [0.15, 0.2) is 81.1 Å². The van der Waals surface area contributed by atoms with Gasteiger partial charge in [-0.25, -0.2) is 0 Å². The van der Waals surface area contributed by atoms with Gasteiger partial charge in [-0.3, -0.25) is 0 Å². The van der Waals surface area contributed by atoms with Crippen LogP contribution in [-0.2, 0) is 18.7 Å². The van der Waals surface area contributed by atoms with Gasteiger partial charge >= 0.3 is 0 Å². The minimum Gasteiger partial charge on any atom is -0.496 e. The molecule has 0 saturated carbocycles. The number of hydrogen-bond acceptors (Lipinski definition) is 8. The largest absolute Gasteiger partial charge is 0.496 e. The van der Waals surface area contributed by atoms with Crippen molar-refractivity contribution in [2.45, 2.75) is 23.9 Å². The summed E-state index contributed by atoms with van der Waals surface area (Å²) in [6, 6.07) is 20.2. The zero-order valence-corrected chi connectivity index (χ0v) is 19.6. The van der Waals surface area contributed by atoms with E-state index in [2.05, 4.69) is 49.2 Å². The Labute approximate surface area is 199 Å². The van der Waals surface area contributed by atoms with E-state index in [-0.39, 0.29) is 0 Å². The van der Waals surface area contributed by atoms with Gasteiger partial charge in [0, 0.05) is 17.5 Å². The summed E-state index contributed by atoms with van der Waals surface area (Å²) in [6.07, 6.45) is 0.859. The molecule has 0 aliphatic carbocycles. The SMILES string of the molecule is COc1ccccc1-c1nnc(SCc2nc(-c3ccsc3)no2)n1CCc1ccccc1. The molecule has 0 spiro atoms. The molecule has 3 heterocycles. The first-order valence-electron chi connectivity index (χ1n) is 10.4. The molecular formula is C24H21N5O2S2. The molecule has 9 heteroatoms. The second-order valence-corrected chi connectivity index (χ2v) is 8.93. The lowest BCUT2D eigenvalue weighted by Crippen LogP contribution is -2.06. The normalized spacial score (nSPS) is 11.1. The van der Waals surface area contributed by atoms with Crippen molar-refractivity contribution in [3.05, 3.63) is 82.9 Å². The van der Waals surface area contributed by atoms with E-state index in [1.807, 2.05) is 47.2 Å². The third kappa shape index (κ3) is 4.84. The van der Waals surface area contributed by atoms with Gasteiger partial charge in [-0.15, -0.1) is 10.2 Å². The Balaban J connectivity index is 1.40. The van der Waals surface area contributed by atoms with Gasteiger partial charge in [0.15, 0.2) is 11.0 Å². The predicted octanol–water partition coefficient (Wildman–Crippen LogP) is 5.60. The molecular weight excluding hydrogens is 454 g/mol. The third-order valence-electron chi connectivity index (χ3n) is 5.10. The van der Waals surface area contributed by atoms with Crippen LogP contribution in [0.1, 0.15) is 11.5 Å². The number of nitrogens with zero attached hydrogens (tertiary/aromatic N) is 5. The number of aryl methyl sites for hydroxylation is 1. The Hall–Kier alpha value is -3.43. The first kappa shape index (κ1) is 21.4. The van der Waals surface area contributed by atoms with Crippen molar-refractivity contribution in [1.29, 1.82) is 0 Å². The summed E-state index contributed by atoms with van der Waals surface area (Å²) < 4.78 is 13.2. The molecule has 5 aromatic rings. The minimum absolute atomic E-state index is 0.506. The maximum Gasteiger partial charge on any atom is 0.237 e. The lowest BCUT2D eigenvalue weighted by molar-refractivity contribution is 0.391. The maximum absolute atomic E-state index is 5.57. The summed E-state index contributed by atoms with van der Waals surface area (Å²) >= 11 is 3.13. The molecule has 166 valence electrons. The fourth-order valence-corrected chi connectivity index (χ4v) is 4.90. The molecule has 0 bridgehead atoms. The zero-order valence-electron chi connectivity index (χ0n) is 17.9. The van der Waals surface area contributed by atoms with E-state index in [0.29, 0.717) is 17.5 Å². The molecule has 33 heavy (non-hydrogen) atoms. The molecule has 0 saturated heterocycles. The Morgan fingerprint density at radius 1 is 1.03 bits per heavy atom. The van der Waals surface area contributed by atoms with Crippen LogP contribution < -0.4 is 4.74 Å². The lowest BCUT2D eigenvalue weighted by atomic mass is 10.1. The van der Waals surface area contributed by atoms with E-state index in [1.165, 1.54) is 17.3 Å². The predicted molar refractivity (Wildman–Crippen MR) is 129 cm³/mol. The molecule has 2 aromatic carbocycles. The van der Waals surface area contributed by atoms with E-state index in [1.54, 1.807) is 18.4 Å². The average molecular weight is 476 g/mol. The van der Waals surface area contributed by atoms with Gasteiger partial charge in [0.2, 0.25) is 11.7 Å². The Kier molecular flexibility index (Phi) is 6.50. The van der Waals surface area contributed by atoms with Crippen molar-refractivity contribution in [2.75, 3.05) is 7.11 Å². The van der Waals surface area contributed by atoms with Crippen molar-refractivity contribution >= 4 is 23.1 Å². The summed E-state index contributed by atoms with van der Waals surface area (Å²) in [6.45, 7) is 0.733. The van der Waals surface area contributed by atoms with Gasteiger partial charge in [-0.2, -0.15) is 16.3 Å². The second kappa shape index (κ2) is 10.0. The molecule has 0 N–H and O–H groups in total. The van der Waals surface area contributed by atoms with Crippen LogP contribution >= 0.6 is 23.1 Å². The summed E-state index contributed by atoms with van der Waals surface area (Å²) in [7, 11) is 1.67. The molecule has 0 radical (unpaired) electrons. The third-order valence-corrected chi connectivity index (χ3v) is 6.74. The van der Waals surface area contributed by atoms with Crippen molar-refractivity contribution in [3.8, 4) is 28.5 Å². The highest BCUT2D eigenvalue weighted by Crippen LogP contribution is 2.32. The van der Waals surface area contributed by atoms with E-state index in [0.717, 1.165) is 40.8 Å². The molecule has 0 unspecified atom stereocenters. The van der Waals surface area contributed by atoms with Crippen molar-refractivity contribution in [1.82, 2.24) is 24.9 Å². The van der Waals surface area contributed by atoms with E-state index in [9.17, 15) is 0 Å². The Morgan fingerprint density at radius 3 is 2.70 bits per heavy atom. The number of benzene rings is 2. The highest BCUT2D eigenvalue weighted by Gasteiger charge is 2.19. The summed E-state index contributed by atoms with van der Waals surface area (Å²) in [5.74, 6) is 3.20. The fraction of sp³-hybridized carbons (Fsp3) is 0.167. The molecule has 0 aliphatic rings. The maximum atomic E-state index is 5.57. The van der Waals surface area contributed by atoms with Crippen molar-refractivity contribution < 1.29 is 9.26 Å². The standard InChI is InChI=1S/C24H21N5O2S2/c1-30-20-10-6-5-9-19(20)23-26-27-24(29(23)13-11-17-7-3-2-4-8-17)33-16-21-25-22(28-31-21)18-12-14-32-15-18/h2-10,12,14-15H,11,13,16H2,1H3. The molecule has 0 fully saturated rings. The van der Waals surface area contributed by atoms with Gasteiger partial charge in [-0.05, 0) is 35.6 Å². The number of ether oxygens (including phenoxy) is 1. The number of methoxy groups -OCH3 is 1. The molecule has 0 aliphatic heterocycles. The van der Waals surface area contributed by atoms with Crippen LogP contribution in [0.3, 0.4) is 0 Å². The lowest BCUT2D eigenvalue weighted by Gasteiger charge is -2.12. The van der Waals surface area contributed by atoms with Crippen LogP contribution in [-0.4, -0.2) is 32.0 Å². The number of rotatable bonds is 9. The number of hydrogen-bond donors (Lipinski definition) is 0. The first-order chi connectivity index (χ1) is 16.3. The van der Waals surface area contributed by atoms with Crippen LogP contribution in [0, 0.1) is 0 Å². The quantitative estimate of drug-likeness (QED) is 0.257. The van der Waals surface area contributed by atoms with E-state index >= 15 is 0 Å². The van der Waals surface area contributed by atoms with Crippen molar-refractivity contribution in [3.63, 3.8) is 0 Å². The van der Waals surface area contributed by atoms with Gasteiger partial charge < -0.3 is 13.8 Å². The summed E-state index contributed by atoms with van der Waals surface area (Å²) in [5, 5.41) is 17.9. The topological polar surface area (TPSA) is 78.9 Å². The fourth-order valence-electron chi connectivity index (χ4n) is 3.46. The van der Waals surface area contributed by atoms with Crippen molar-refractivity contribution in [2.24, 2.45) is 0 Å². The van der Waals surface area contributed by atoms with E-state index in [4.69, 9.17) is 9.26 Å². The van der Waals surface area contributed by atoms with Crippen LogP contribution in [0.25, 0.3) is 22.8 Å². The highest BCUT2D eigenvalue weighted by molar-refractivity contribution is 7.98. The van der Waals surface area contributed by atoms with Gasteiger partial charge in [0.1, 0.15) is 5.75 Å². The minimum atomic E-state index is 0.506. The smallest absolute Gasteiger partial charge is 0.237 e. The van der Waals surface area contributed by atoms with Crippen LogP contribution in [0.2, 0.25) is 0 Å². The van der Waals surface area contributed by atoms with Gasteiger partial charge in [0.05, 0.1) is 18.4 Å². The number of aromatic nitrogens is 5. The molecule has 5 rings (SSSR count). The second-order valence-electron chi connectivity index (χ2n) is 7.21. The molecule has 0 atom stereocenters. The Morgan fingerprint density at radius 2 is 1.88 bits per heavy atom. The van der Waals surface area contributed by atoms with Gasteiger partial charge in [0.25, 0.3) is 0 Å². The first-order valence-corrected chi connectivity index (χ1v) is 12.3. The zero-order chi connectivity index (χ0) is 22.5. The number of thioether (sulfide) groups is 1. The number of thiophene rings is 1. The Bertz CT molecular complexity index is 1320. The average Bonchev–Trinajstić information content (AvgIpc) is 3.63. The van der Waals surface area contributed by atoms with Crippen LogP contribution in [0.4, 0.5) is 0 Å². The summed E-state index contributed by atoms with van der Waals surface area (Å²) in [5.41, 5.74) is 3.12.